The number of benzene rings is 1. The van der Waals surface area contributed by atoms with Gasteiger partial charge in [-0.05, 0) is 49.3 Å². The molecule has 0 saturated heterocycles. The van der Waals surface area contributed by atoms with Crippen LogP contribution in [0.1, 0.15) is 45.1 Å². The summed E-state index contributed by atoms with van der Waals surface area (Å²) in [5.74, 6) is -0.114. The molecule has 0 amide bonds. The molecule has 112 valence electrons. The van der Waals surface area contributed by atoms with Gasteiger partial charge in [0.1, 0.15) is 5.75 Å². The van der Waals surface area contributed by atoms with E-state index in [0.717, 1.165) is 31.7 Å². The van der Waals surface area contributed by atoms with E-state index in [4.69, 9.17) is 10.5 Å². The van der Waals surface area contributed by atoms with Gasteiger partial charge in [-0.2, -0.15) is 13.2 Å². The minimum atomic E-state index is -4.45. The Labute approximate surface area is 117 Å². The second-order valence-electron chi connectivity index (χ2n) is 6.23. The quantitative estimate of drug-likeness (QED) is 0.804. The molecule has 5 heteroatoms. The monoisotopic (exact) mass is 287 g/mol. The van der Waals surface area contributed by atoms with Gasteiger partial charge >= 0.3 is 6.18 Å². The molecule has 1 aliphatic carbocycles. The topological polar surface area (TPSA) is 35.2 Å². The van der Waals surface area contributed by atoms with Crippen molar-refractivity contribution in [3.8, 4) is 5.75 Å². The number of nitrogens with two attached hydrogens (primary N) is 1. The van der Waals surface area contributed by atoms with E-state index in [1.807, 2.05) is 0 Å². The number of ether oxygens (including phenoxy) is 1. The first kappa shape index (κ1) is 15.0. The van der Waals surface area contributed by atoms with Crippen molar-refractivity contribution in [3.05, 3.63) is 23.8 Å². The van der Waals surface area contributed by atoms with Gasteiger partial charge in [0.15, 0.2) is 0 Å². The van der Waals surface area contributed by atoms with E-state index in [-0.39, 0.29) is 23.0 Å². The van der Waals surface area contributed by atoms with Crippen molar-refractivity contribution in [1.29, 1.82) is 0 Å². The Bertz CT molecular complexity index is 472. The van der Waals surface area contributed by atoms with Crippen LogP contribution in [0.3, 0.4) is 0 Å². The highest BCUT2D eigenvalue weighted by Crippen LogP contribution is 2.40. The summed E-state index contributed by atoms with van der Waals surface area (Å²) in [6, 6.07) is 3.69. The fourth-order valence-corrected chi connectivity index (χ4v) is 2.54. The molecular formula is C15H20F3NO. The predicted octanol–water partition coefficient (Wildman–Crippen LogP) is 4.64. The molecule has 0 bridgehead atoms. The number of hydrogen-bond donors (Lipinski definition) is 1. The molecule has 2 rings (SSSR count). The lowest BCUT2D eigenvalue weighted by atomic mass is 9.76. The first-order valence-electron chi connectivity index (χ1n) is 6.81. The van der Waals surface area contributed by atoms with E-state index in [0.29, 0.717) is 0 Å². The first-order chi connectivity index (χ1) is 9.17. The maximum Gasteiger partial charge on any atom is 0.420 e. The molecule has 0 atom stereocenters. The second kappa shape index (κ2) is 5.19. The fourth-order valence-electron chi connectivity index (χ4n) is 2.54. The molecule has 1 saturated carbocycles. The van der Waals surface area contributed by atoms with Gasteiger partial charge in [-0.15, -0.1) is 0 Å². The Morgan fingerprint density at radius 3 is 2.35 bits per heavy atom. The van der Waals surface area contributed by atoms with Gasteiger partial charge in [0.2, 0.25) is 0 Å². The van der Waals surface area contributed by atoms with E-state index in [2.05, 4.69) is 13.8 Å². The molecule has 1 aliphatic rings. The van der Waals surface area contributed by atoms with Crippen LogP contribution >= 0.6 is 0 Å². The molecule has 2 nitrogen and oxygen atoms in total. The second-order valence-corrected chi connectivity index (χ2v) is 6.23. The van der Waals surface area contributed by atoms with E-state index in [9.17, 15) is 13.2 Å². The van der Waals surface area contributed by atoms with Crippen molar-refractivity contribution >= 4 is 5.69 Å². The largest absolute Gasteiger partial charge is 0.490 e. The van der Waals surface area contributed by atoms with E-state index >= 15 is 0 Å². The number of nitrogen functional groups attached to an aromatic ring is 1. The zero-order valence-corrected chi connectivity index (χ0v) is 11.8. The third-order valence-corrected chi connectivity index (χ3v) is 3.89. The smallest absolute Gasteiger partial charge is 0.420 e. The van der Waals surface area contributed by atoms with E-state index < -0.39 is 11.7 Å². The highest BCUT2D eigenvalue weighted by molar-refractivity contribution is 5.49. The van der Waals surface area contributed by atoms with Crippen molar-refractivity contribution in [2.24, 2.45) is 5.41 Å². The minimum Gasteiger partial charge on any atom is -0.490 e. The summed E-state index contributed by atoms with van der Waals surface area (Å²) >= 11 is 0. The van der Waals surface area contributed by atoms with Gasteiger partial charge in [-0.25, -0.2) is 0 Å². The lowest BCUT2D eigenvalue weighted by Gasteiger charge is -2.34. The van der Waals surface area contributed by atoms with Crippen LogP contribution in [0.5, 0.6) is 5.75 Å². The lowest BCUT2D eigenvalue weighted by molar-refractivity contribution is -0.139. The number of hydrogen-bond acceptors (Lipinski definition) is 2. The van der Waals surface area contributed by atoms with Crippen molar-refractivity contribution in [2.75, 3.05) is 5.73 Å². The number of halogens is 3. The van der Waals surface area contributed by atoms with Gasteiger partial charge in [0.25, 0.3) is 0 Å². The fraction of sp³-hybridized carbons (Fsp3) is 0.600. The molecule has 0 unspecified atom stereocenters. The first-order valence-corrected chi connectivity index (χ1v) is 6.81. The number of rotatable bonds is 2. The van der Waals surface area contributed by atoms with Crippen LogP contribution < -0.4 is 10.5 Å². The Kier molecular flexibility index (Phi) is 3.89. The summed E-state index contributed by atoms with van der Waals surface area (Å²) in [7, 11) is 0. The molecule has 2 N–H and O–H groups in total. The van der Waals surface area contributed by atoms with Crippen molar-refractivity contribution in [2.45, 2.75) is 51.8 Å². The summed E-state index contributed by atoms with van der Waals surface area (Å²) in [5.41, 5.74) is 5.00. The third-order valence-electron chi connectivity index (χ3n) is 3.89. The van der Waals surface area contributed by atoms with E-state index in [1.54, 1.807) is 0 Å². The highest BCUT2D eigenvalue weighted by atomic mass is 19.4. The lowest BCUT2D eigenvalue weighted by Crippen LogP contribution is -2.29. The molecule has 0 aromatic heterocycles. The summed E-state index contributed by atoms with van der Waals surface area (Å²) in [5, 5.41) is 0. The normalized spacial score (nSPS) is 19.9. The average Bonchev–Trinajstić information content (AvgIpc) is 2.33. The van der Waals surface area contributed by atoms with Crippen molar-refractivity contribution in [1.82, 2.24) is 0 Å². The summed E-state index contributed by atoms with van der Waals surface area (Å²) < 4.78 is 44.5. The van der Waals surface area contributed by atoms with Crippen molar-refractivity contribution < 1.29 is 17.9 Å². The molecule has 0 aliphatic heterocycles. The number of alkyl halides is 3. The van der Waals surface area contributed by atoms with E-state index in [1.165, 1.54) is 12.1 Å². The third kappa shape index (κ3) is 3.58. The summed E-state index contributed by atoms with van der Waals surface area (Å²) in [4.78, 5) is 0. The average molecular weight is 287 g/mol. The maximum absolute atomic E-state index is 13.0. The standard InChI is InChI=1S/C15H20F3NO/c1-14(2)7-5-11(6-8-14)20-13-4-3-10(19)9-12(13)15(16,17)18/h3-4,9,11H,5-8,19H2,1-2H3. The molecule has 1 fully saturated rings. The van der Waals surface area contributed by atoms with Gasteiger partial charge in [-0.3, -0.25) is 0 Å². The Hall–Kier alpha value is -1.39. The van der Waals surface area contributed by atoms with Gasteiger partial charge < -0.3 is 10.5 Å². The molecule has 0 radical (unpaired) electrons. The van der Waals surface area contributed by atoms with Crippen LogP contribution in [0.15, 0.2) is 18.2 Å². The van der Waals surface area contributed by atoms with Gasteiger partial charge in [-0.1, -0.05) is 13.8 Å². The Morgan fingerprint density at radius 1 is 1.20 bits per heavy atom. The van der Waals surface area contributed by atoms with Crippen LogP contribution in [0, 0.1) is 5.41 Å². The van der Waals surface area contributed by atoms with Gasteiger partial charge in [0.05, 0.1) is 11.7 Å². The predicted molar refractivity (Wildman–Crippen MR) is 72.5 cm³/mol. The zero-order chi connectivity index (χ0) is 15.0. The Balaban J connectivity index is 2.14. The molecule has 1 aromatic carbocycles. The van der Waals surface area contributed by atoms with Crippen LogP contribution in [0.2, 0.25) is 0 Å². The molecular weight excluding hydrogens is 267 g/mol. The van der Waals surface area contributed by atoms with Crippen LogP contribution in [-0.2, 0) is 6.18 Å². The highest BCUT2D eigenvalue weighted by Gasteiger charge is 2.36. The van der Waals surface area contributed by atoms with Crippen LogP contribution in [0.25, 0.3) is 0 Å². The van der Waals surface area contributed by atoms with Gasteiger partial charge in [0, 0.05) is 5.69 Å². The zero-order valence-electron chi connectivity index (χ0n) is 11.8. The molecule has 0 spiro atoms. The minimum absolute atomic E-state index is 0.0921. The summed E-state index contributed by atoms with van der Waals surface area (Å²) in [6.07, 6.45) is -1.09. The van der Waals surface area contributed by atoms with Crippen molar-refractivity contribution in [3.63, 3.8) is 0 Å². The maximum atomic E-state index is 13.0. The Morgan fingerprint density at radius 2 is 1.80 bits per heavy atom. The summed E-state index contributed by atoms with van der Waals surface area (Å²) in [6.45, 7) is 4.35. The van der Waals surface area contributed by atoms with Crippen LogP contribution in [0.4, 0.5) is 18.9 Å². The molecule has 0 heterocycles. The van der Waals surface area contributed by atoms with Crippen LogP contribution in [-0.4, -0.2) is 6.10 Å². The molecule has 1 aromatic rings. The number of anilines is 1. The SMILES string of the molecule is CC1(C)CCC(Oc2ccc(N)cc2C(F)(F)F)CC1. The molecule has 20 heavy (non-hydrogen) atoms.